The van der Waals surface area contributed by atoms with E-state index in [-0.39, 0.29) is 0 Å². The molecule has 0 saturated heterocycles. The van der Waals surface area contributed by atoms with Crippen LogP contribution in [0.15, 0.2) is 30.6 Å². The highest BCUT2D eigenvalue weighted by Crippen LogP contribution is 2.25. The van der Waals surface area contributed by atoms with Gasteiger partial charge in [-0.3, -0.25) is 4.68 Å². The van der Waals surface area contributed by atoms with E-state index in [0.717, 1.165) is 29.5 Å². The summed E-state index contributed by atoms with van der Waals surface area (Å²) in [5.74, 6) is 1.53. The lowest BCUT2D eigenvalue weighted by atomic mass is 9.89. The highest BCUT2D eigenvalue weighted by Gasteiger charge is 2.15. The van der Waals surface area contributed by atoms with Crippen molar-refractivity contribution < 1.29 is 0 Å². The smallest absolute Gasteiger partial charge is 0.181 e. The van der Waals surface area contributed by atoms with Crippen LogP contribution in [-0.2, 0) is 6.54 Å². The van der Waals surface area contributed by atoms with Crippen LogP contribution in [0, 0.1) is 5.92 Å². The van der Waals surface area contributed by atoms with Crippen molar-refractivity contribution in [3.63, 3.8) is 0 Å². The van der Waals surface area contributed by atoms with Crippen molar-refractivity contribution in [1.29, 1.82) is 0 Å². The van der Waals surface area contributed by atoms with Crippen LogP contribution in [0.3, 0.4) is 0 Å². The zero-order valence-electron chi connectivity index (χ0n) is 11.1. The zero-order valence-corrected chi connectivity index (χ0v) is 11.1. The number of hydrogen-bond acceptors (Lipinski definition) is 3. The first-order valence-electron chi connectivity index (χ1n) is 7.06. The third-order valence-electron chi connectivity index (χ3n) is 3.85. The molecule has 0 unspecified atom stereocenters. The molecule has 4 nitrogen and oxygen atoms in total. The standard InChI is InChI=1S/C15H20N4/c16-14-8-4-7-13(9-14)15-17-11-19(18-15)10-12-5-2-1-3-6-12/h4,7-9,11-12H,1-3,5-6,10,16H2. The van der Waals surface area contributed by atoms with E-state index in [0.29, 0.717) is 0 Å². The average molecular weight is 256 g/mol. The first kappa shape index (κ1) is 12.2. The predicted molar refractivity (Wildman–Crippen MR) is 76.4 cm³/mol. The lowest BCUT2D eigenvalue weighted by Crippen LogP contribution is -2.14. The van der Waals surface area contributed by atoms with Gasteiger partial charge in [-0.25, -0.2) is 4.98 Å². The van der Waals surface area contributed by atoms with Gasteiger partial charge in [0.2, 0.25) is 0 Å². The third kappa shape index (κ3) is 2.95. The highest BCUT2D eigenvalue weighted by atomic mass is 15.3. The van der Waals surface area contributed by atoms with E-state index in [4.69, 9.17) is 5.73 Å². The van der Waals surface area contributed by atoms with Crippen molar-refractivity contribution in [2.45, 2.75) is 38.6 Å². The summed E-state index contributed by atoms with van der Waals surface area (Å²) in [4.78, 5) is 4.39. The Bertz CT molecular complexity index is 541. The number of anilines is 1. The summed E-state index contributed by atoms with van der Waals surface area (Å²) in [5, 5.41) is 4.57. The Morgan fingerprint density at radius 2 is 2.05 bits per heavy atom. The number of rotatable bonds is 3. The molecule has 100 valence electrons. The Morgan fingerprint density at radius 3 is 2.84 bits per heavy atom. The maximum atomic E-state index is 5.79. The predicted octanol–water partition coefficient (Wildman–Crippen LogP) is 3.11. The summed E-state index contributed by atoms with van der Waals surface area (Å²) in [6.45, 7) is 0.995. The van der Waals surface area contributed by atoms with Gasteiger partial charge in [0.25, 0.3) is 0 Å². The molecule has 1 aromatic heterocycles. The Labute approximate surface area is 113 Å². The van der Waals surface area contributed by atoms with Gasteiger partial charge in [0.05, 0.1) is 0 Å². The van der Waals surface area contributed by atoms with Gasteiger partial charge in [-0.15, -0.1) is 0 Å². The minimum atomic E-state index is 0.751. The van der Waals surface area contributed by atoms with Crippen molar-refractivity contribution in [1.82, 2.24) is 14.8 Å². The van der Waals surface area contributed by atoms with Crippen molar-refractivity contribution in [3.05, 3.63) is 30.6 Å². The molecule has 1 fully saturated rings. The van der Waals surface area contributed by atoms with Crippen molar-refractivity contribution >= 4 is 5.69 Å². The molecule has 2 aromatic rings. The summed E-state index contributed by atoms with van der Waals surface area (Å²) in [6, 6.07) is 7.73. The summed E-state index contributed by atoms with van der Waals surface area (Å²) in [7, 11) is 0. The van der Waals surface area contributed by atoms with Gasteiger partial charge in [0, 0.05) is 17.8 Å². The SMILES string of the molecule is Nc1cccc(-c2ncn(CC3CCCCC3)n2)c1. The molecule has 0 radical (unpaired) electrons. The topological polar surface area (TPSA) is 56.7 Å². The summed E-state index contributed by atoms with van der Waals surface area (Å²) in [6.07, 6.45) is 8.61. The fourth-order valence-corrected chi connectivity index (χ4v) is 2.83. The van der Waals surface area contributed by atoms with Gasteiger partial charge in [0.15, 0.2) is 5.82 Å². The molecule has 0 atom stereocenters. The quantitative estimate of drug-likeness (QED) is 0.858. The highest BCUT2D eigenvalue weighted by molar-refractivity contribution is 5.60. The van der Waals surface area contributed by atoms with E-state index < -0.39 is 0 Å². The average Bonchev–Trinajstić information content (AvgIpc) is 2.88. The van der Waals surface area contributed by atoms with Gasteiger partial charge < -0.3 is 5.73 Å². The van der Waals surface area contributed by atoms with Crippen molar-refractivity contribution in [3.8, 4) is 11.4 Å². The largest absolute Gasteiger partial charge is 0.399 e. The molecule has 0 amide bonds. The van der Waals surface area contributed by atoms with Gasteiger partial charge in [0.1, 0.15) is 6.33 Å². The molecule has 1 aliphatic carbocycles. The molecular formula is C15H20N4. The van der Waals surface area contributed by atoms with E-state index in [2.05, 4.69) is 10.1 Å². The number of hydrogen-bond donors (Lipinski definition) is 1. The van der Waals surface area contributed by atoms with Gasteiger partial charge in [-0.05, 0) is 30.9 Å². The van der Waals surface area contributed by atoms with Crippen molar-refractivity contribution in [2.75, 3.05) is 5.73 Å². The molecule has 2 N–H and O–H groups in total. The van der Waals surface area contributed by atoms with Gasteiger partial charge >= 0.3 is 0 Å². The fourth-order valence-electron chi connectivity index (χ4n) is 2.83. The summed E-state index contributed by atoms with van der Waals surface area (Å²) < 4.78 is 1.98. The summed E-state index contributed by atoms with van der Waals surface area (Å²) >= 11 is 0. The molecule has 0 spiro atoms. The Hall–Kier alpha value is -1.84. The second-order valence-electron chi connectivity index (χ2n) is 5.42. The minimum absolute atomic E-state index is 0.751. The van der Waals surface area contributed by atoms with Crippen LogP contribution >= 0.6 is 0 Å². The molecule has 3 rings (SSSR count). The van der Waals surface area contributed by atoms with Crippen LogP contribution in [0.4, 0.5) is 5.69 Å². The number of benzene rings is 1. The van der Waals surface area contributed by atoms with E-state index in [1.54, 1.807) is 0 Å². The van der Waals surface area contributed by atoms with Crippen LogP contribution in [0.25, 0.3) is 11.4 Å². The van der Waals surface area contributed by atoms with Crippen LogP contribution in [0.5, 0.6) is 0 Å². The molecule has 0 aliphatic heterocycles. The van der Waals surface area contributed by atoms with E-state index in [9.17, 15) is 0 Å². The molecule has 1 saturated carbocycles. The van der Waals surface area contributed by atoms with Crippen LogP contribution in [0.1, 0.15) is 32.1 Å². The normalized spacial score (nSPS) is 16.6. The number of nitrogens with two attached hydrogens (primary N) is 1. The number of nitrogens with zero attached hydrogens (tertiary/aromatic N) is 3. The van der Waals surface area contributed by atoms with Crippen LogP contribution in [0.2, 0.25) is 0 Å². The Morgan fingerprint density at radius 1 is 1.21 bits per heavy atom. The zero-order chi connectivity index (χ0) is 13.1. The lowest BCUT2D eigenvalue weighted by molar-refractivity contribution is 0.308. The summed E-state index contributed by atoms with van der Waals surface area (Å²) in [5.41, 5.74) is 7.53. The second kappa shape index (κ2) is 5.43. The van der Waals surface area contributed by atoms with E-state index in [1.165, 1.54) is 32.1 Å². The van der Waals surface area contributed by atoms with E-state index >= 15 is 0 Å². The fraction of sp³-hybridized carbons (Fsp3) is 0.467. The number of nitrogen functional groups attached to an aromatic ring is 1. The first-order chi connectivity index (χ1) is 9.31. The molecular weight excluding hydrogens is 236 g/mol. The number of aromatic nitrogens is 3. The molecule has 1 aliphatic rings. The third-order valence-corrected chi connectivity index (χ3v) is 3.85. The molecule has 19 heavy (non-hydrogen) atoms. The molecule has 0 bridgehead atoms. The minimum Gasteiger partial charge on any atom is -0.399 e. The maximum Gasteiger partial charge on any atom is 0.181 e. The lowest BCUT2D eigenvalue weighted by Gasteiger charge is -2.20. The van der Waals surface area contributed by atoms with Gasteiger partial charge in [-0.2, -0.15) is 5.10 Å². The second-order valence-corrected chi connectivity index (χ2v) is 5.42. The van der Waals surface area contributed by atoms with Crippen LogP contribution < -0.4 is 5.73 Å². The first-order valence-corrected chi connectivity index (χ1v) is 7.06. The molecule has 1 aromatic carbocycles. The molecule has 4 heteroatoms. The Kier molecular flexibility index (Phi) is 3.49. The maximum absolute atomic E-state index is 5.79. The van der Waals surface area contributed by atoms with Crippen LogP contribution in [-0.4, -0.2) is 14.8 Å². The van der Waals surface area contributed by atoms with E-state index in [1.807, 2.05) is 35.3 Å². The molecule has 1 heterocycles. The monoisotopic (exact) mass is 256 g/mol. The van der Waals surface area contributed by atoms with Crippen molar-refractivity contribution in [2.24, 2.45) is 5.92 Å². The van der Waals surface area contributed by atoms with Gasteiger partial charge in [-0.1, -0.05) is 31.4 Å². The Balaban J connectivity index is 1.72.